The van der Waals surface area contributed by atoms with Crippen molar-refractivity contribution in [2.75, 3.05) is 24.5 Å². The van der Waals surface area contributed by atoms with Gasteiger partial charge in [0, 0.05) is 24.1 Å². The van der Waals surface area contributed by atoms with Crippen molar-refractivity contribution < 1.29 is 4.39 Å². The molecule has 0 amide bonds. The first-order chi connectivity index (χ1) is 10.1. The van der Waals surface area contributed by atoms with Gasteiger partial charge in [-0.25, -0.2) is 4.39 Å². The summed E-state index contributed by atoms with van der Waals surface area (Å²) in [4.78, 5) is 2.30. The van der Waals surface area contributed by atoms with Crippen molar-refractivity contribution >= 4 is 21.6 Å². The highest BCUT2D eigenvalue weighted by Crippen LogP contribution is 2.32. The molecule has 0 aliphatic carbocycles. The van der Waals surface area contributed by atoms with Crippen LogP contribution in [0.4, 0.5) is 10.1 Å². The van der Waals surface area contributed by atoms with Crippen LogP contribution in [0.25, 0.3) is 0 Å². The van der Waals surface area contributed by atoms with E-state index in [0.29, 0.717) is 0 Å². The number of nitrogens with one attached hydrogen (secondary N) is 1. The molecular formula is C17H18BrFN2. The van der Waals surface area contributed by atoms with Gasteiger partial charge >= 0.3 is 0 Å². The molecule has 1 N–H and O–H groups in total. The Morgan fingerprint density at radius 3 is 2.67 bits per heavy atom. The molecule has 0 radical (unpaired) electrons. The zero-order valence-corrected chi connectivity index (χ0v) is 13.5. The maximum atomic E-state index is 13.3. The van der Waals surface area contributed by atoms with Crippen LogP contribution in [0.15, 0.2) is 53.0 Å². The van der Waals surface area contributed by atoms with E-state index >= 15 is 0 Å². The Bertz CT molecular complexity index is 632. The van der Waals surface area contributed by atoms with Crippen LogP contribution in [0.3, 0.4) is 0 Å². The molecule has 1 aliphatic heterocycles. The van der Waals surface area contributed by atoms with Crippen LogP contribution in [0.5, 0.6) is 0 Å². The molecule has 0 saturated carbocycles. The van der Waals surface area contributed by atoms with E-state index in [1.165, 1.54) is 17.7 Å². The molecule has 1 fully saturated rings. The van der Waals surface area contributed by atoms with Gasteiger partial charge in [-0.05, 0) is 46.6 Å². The Kier molecular flexibility index (Phi) is 4.00. The SMILES string of the molecule is CC1(c2ccccc2)CN(c2ccc(F)cc2Br)CCN1. The molecule has 1 unspecified atom stereocenters. The molecule has 2 aromatic carbocycles. The second-order valence-corrected chi connectivity index (χ2v) is 6.50. The van der Waals surface area contributed by atoms with E-state index in [2.05, 4.69) is 57.3 Å². The molecule has 1 aliphatic rings. The van der Waals surface area contributed by atoms with Gasteiger partial charge in [0.2, 0.25) is 0 Å². The van der Waals surface area contributed by atoms with Gasteiger partial charge in [0.25, 0.3) is 0 Å². The van der Waals surface area contributed by atoms with E-state index in [-0.39, 0.29) is 11.4 Å². The third-order valence-electron chi connectivity index (χ3n) is 4.07. The molecule has 2 aromatic rings. The van der Waals surface area contributed by atoms with E-state index in [0.717, 1.165) is 29.8 Å². The first kappa shape index (κ1) is 14.5. The van der Waals surface area contributed by atoms with Crippen molar-refractivity contribution in [1.82, 2.24) is 5.32 Å². The first-order valence-electron chi connectivity index (χ1n) is 7.09. The molecule has 0 aromatic heterocycles. The minimum absolute atomic E-state index is 0.104. The summed E-state index contributed by atoms with van der Waals surface area (Å²) in [6.07, 6.45) is 0. The summed E-state index contributed by atoms with van der Waals surface area (Å²) in [5.74, 6) is -0.216. The largest absolute Gasteiger partial charge is 0.367 e. The number of hydrogen-bond acceptors (Lipinski definition) is 2. The lowest BCUT2D eigenvalue weighted by atomic mass is 9.89. The average molecular weight is 349 g/mol. The highest BCUT2D eigenvalue weighted by molar-refractivity contribution is 9.10. The Morgan fingerprint density at radius 2 is 1.95 bits per heavy atom. The van der Waals surface area contributed by atoms with Crippen LogP contribution in [0.2, 0.25) is 0 Å². The third-order valence-corrected chi connectivity index (χ3v) is 4.70. The standard InChI is InChI=1S/C17H18BrFN2/c1-17(13-5-3-2-4-6-13)12-21(10-9-20-17)16-8-7-14(19)11-15(16)18/h2-8,11,20H,9-10,12H2,1H3. The summed E-state index contributed by atoms with van der Waals surface area (Å²) >= 11 is 3.47. The van der Waals surface area contributed by atoms with Crippen molar-refractivity contribution in [3.8, 4) is 0 Å². The molecule has 3 rings (SSSR count). The predicted octanol–water partition coefficient (Wildman–Crippen LogP) is 3.91. The summed E-state index contributed by atoms with van der Waals surface area (Å²) in [7, 11) is 0. The smallest absolute Gasteiger partial charge is 0.124 e. The number of anilines is 1. The third kappa shape index (κ3) is 2.97. The fourth-order valence-corrected chi connectivity index (χ4v) is 3.53. The number of piperazine rings is 1. The van der Waals surface area contributed by atoms with Crippen LogP contribution in [0.1, 0.15) is 12.5 Å². The minimum Gasteiger partial charge on any atom is -0.367 e. The van der Waals surface area contributed by atoms with E-state index < -0.39 is 0 Å². The fraction of sp³-hybridized carbons (Fsp3) is 0.294. The monoisotopic (exact) mass is 348 g/mol. The second kappa shape index (κ2) is 5.78. The summed E-state index contributed by atoms with van der Waals surface area (Å²) in [6.45, 7) is 4.87. The number of benzene rings is 2. The molecule has 1 heterocycles. The molecule has 1 saturated heterocycles. The number of nitrogens with zero attached hydrogens (tertiary/aromatic N) is 1. The normalized spacial score (nSPS) is 22.3. The first-order valence-corrected chi connectivity index (χ1v) is 7.88. The van der Waals surface area contributed by atoms with Crippen LogP contribution >= 0.6 is 15.9 Å². The Hall–Kier alpha value is -1.39. The summed E-state index contributed by atoms with van der Waals surface area (Å²) < 4.78 is 14.1. The van der Waals surface area contributed by atoms with Crippen molar-refractivity contribution in [1.29, 1.82) is 0 Å². The van der Waals surface area contributed by atoms with Crippen molar-refractivity contribution in [2.45, 2.75) is 12.5 Å². The van der Waals surface area contributed by atoms with Gasteiger partial charge in [-0.3, -0.25) is 0 Å². The van der Waals surface area contributed by atoms with Gasteiger partial charge < -0.3 is 10.2 Å². The van der Waals surface area contributed by atoms with Gasteiger partial charge in [0.15, 0.2) is 0 Å². The summed E-state index contributed by atoms with van der Waals surface area (Å²) in [6, 6.07) is 15.3. The van der Waals surface area contributed by atoms with Gasteiger partial charge in [-0.15, -0.1) is 0 Å². The van der Waals surface area contributed by atoms with Crippen molar-refractivity contribution in [3.63, 3.8) is 0 Å². The second-order valence-electron chi connectivity index (χ2n) is 5.64. The molecule has 0 spiro atoms. The Labute approximate surface area is 133 Å². The number of hydrogen-bond donors (Lipinski definition) is 1. The van der Waals surface area contributed by atoms with E-state index in [1.54, 1.807) is 0 Å². The number of halogens is 2. The van der Waals surface area contributed by atoms with Crippen LogP contribution in [0, 0.1) is 5.82 Å². The lowest BCUT2D eigenvalue weighted by molar-refractivity contribution is 0.332. The molecule has 110 valence electrons. The van der Waals surface area contributed by atoms with Gasteiger partial charge in [-0.1, -0.05) is 30.3 Å². The predicted molar refractivity (Wildman–Crippen MR) is 88.1 cm³/mol. The average Bonchev–Trinajstić information content (AvgIpc) is 2.48. The molecule has 4 heteroatoms. The maximum absolute atomic E-state index is 13.3. The van der Waals surface area contributed by atoms with Crippen molar-refractivity contribution in [3.05, 3.63) is 64.4 Å². The minimum atomic E-state index is -0.216. The van der Waals surface area contributed by atoms with Gasteiger partial charge in [0.05, 0.1) is 11.2 Å². The number of rotatable bonds is 2. The molecule has 1 atom stereocenters. The Balaban J connectivity index is 1.89. The van der Waals surface area contributed by atoms with Crippen LogP contribution in [-0.2, 0) is 5.54 Å². The highest BCUT2D eigenvalue weighted by Gasteiger charge is 2.32. The molecular weight excluding hydrogens is 331 g/mol. The molecule has 0 bridgehead atoms. The van der Waals surface area contributed by atoms with Gasteiger partial charge in [0.1, 0.15) is 5.82 Å². The lowest BCUT2D eigenvalue weighted by Gasteiger charge is -2.43. The fourth-order valence-electron chi connectivity index (χ4n) is 2.93. The van der Waals surface area contributed by atoms with E-state index in [9.17, 15) is 4.39 Å². The quantitative estimate of drug-likeness (QED) is 0.884. The Morgan fingerprint density at radius 1 is 1.19 bits per heavy atom. The molecule has 2 nitrogen and oxygen atoms in total. The van der Waals surface area contributed by atoms with Crippen LogP contribution in [-0.4, -0.2) is 19.6 Å². The maximum Gasteiger partial charge on any atom is 0.124 e. The van der Waals surface area contributed by atoms with Crippen LogP contribution < -0.4 is 10.2 Å². The van der Waals surface area contributed by atoms with Gasteiger partial charge in [-0.2, -0.15) is 0 Å². The molecule has 21 heavy (non-hydrogen) atoms. The zero-order valence-electron chi connectivity index (χ0n) is 11.9. The van der Waals surface area contributed by atoms with E-state index in [1.807, 2.05) is 12.1 Å². The highest BCUT2D eigenvalue weighted by atomic mass is 79.9. The topological polar surface area (TPSA) is 15.3 Å². The summed E-state index contributed by atoms with van der Waals surface area (Å²) in [5.41, 5.74) is 2.21. The summed E-state index contributed by atoms with van der Waals surface area (Å²) in [5, 5.41) is 3.61. The van der Waals surface area contributed by atoms with E-state index in [4.69, 9.17) is 0 Å². The van der Waals surface area contributed by atoms with Crippen molar-refractivity contribution in [2.24, 2.45) is 0 Å². The zero-order chi connectivity index (χ0) is 14.9. The lowest BCUT2D eigenvalue weighted by Crippen LogP contribution is -2.56.